The minimum atomic E-state index is 0.630. The molecular weight excluding hydrogens is 160 g/mol. The Morgan fingerprint density at radius 1 is 1.23 bits per heavy atom. The summed E-state index contributed by atoms with van der Waals surface area (Å²) in [5.41, 5.74) is 5.54. The Balaban J connectivity index is 3.75. The predicted octanol–water partition coefficient (Wildman–Crippen LogP) is 2.09. The lowest BCUT2D eigenvalue weighted by molar-refractivity contribution is 0.205. The summed E-state index contributed by atoms with van der Waals surface area (Å²) in [6.45, 7) is 8.82. The number of nitrogens with two attached hydrogens (primary N) is 1. The van der Waals surface area contributed by atoms with E-state index in [0.717, 1.165) is 18.9 Å². The standard InChI is InChI=1S/C11H26N2/c1-5-11(6-2)9-13(4)10(3)7-8-12/h10-11H,5-9,12H2,1-4H3. The van der Waals surface area contributed by atoms with Gasteiger partial charge in [0.1, 0.15) is 0 Å². The highest BCUT2D eigenvalue weighted by Crippen LogP contribution is 2.11. The van der Waals surface area contributed by atoms with Gasteiger partial charge in [-0.05, 0) is 32.9 Å². The van der Waals surface area contributed by atoms with Gasteiger partial charge in [0, 0.05) is 12.6 Å². The van der Waals surface area contributed by atoms with Crippen LogP contribution in [0.4, 0.5) is 0 Å². The predicted molar refractivity (Wildman–Crippen MR) is 59.8 cm³/mol. The molecule has 13 heavy (non-hydrogen) atoms. The Morgan fingerprint density at radius 2 is 1.77 bits per heavy atom. The third-order valence-corrected chi connectivity index (χ3v) is 3.04. The fourth-order valence-electron chi connectivity index (χ4n) is 1.60. The first-order chi connectivity index (χ1) is 6.15. The van der Waals surface area contributed by atoms with E-state index in [1.165, 1.54) is 19.4 Å². The second-order valence-electron chi connectivity index (χ2n) is 4.05. The summed E-state index contributed by atoms with van der Waals surface area (Å²) in [6.07, 6.45) is 3.68. The molecule has 0 saturated carbocycles. The first-order valence-electron chi connectivity index (χ1n) is 5.55. The second-order valence-corrected chi connectivity index (χ2v) is 4.05. The van der Waals surface area contributed by atoms with E-state index in [0.29, 0.717) is 6.04 Å². The van der Waals surface area contributed by atoms with Crippen LogP contribution in [-0.4, -0.2) is 31.1 Å². The van der Waals surface area contributed by atoms with Crippen molar-refractivity contribution in [1.82, 2.24) is 4.90 Å². The maximum Gasteiger partial charge on any atom is 0.00760 e. The first-order valence-corrected chi connectivity index (χ1v) is 5.55. The molecule has 0 radical (unpaired) electrons. The summed E-state index contributed by atoms with van der Waals surface area (Å²) in [5, 5.41) is 0. The van der Waals surface area contributed by atoms with Crippen LogP contribution in [0, 0.1) is 5.92 Å². The molecule has 0 spiro atoms. The molecule has 0 aromatic heterocycles. The van der Waals surface area contributed by atoms with Crippen molar-refractivity contribution in [2.75, 3.05) is 20.1 Å². The van der Waals surface area contributed by atoms with Gasteiger partial charge in [-0.15, -0.1) is 0 Å². The average Bonchev–Trinajstić information content (AvgIpc) is 2.14. The monoisotopic (exact) mass is 186 g/mol. The minimum absolute atomic E-state index is 0.630. The van der Waals surface area contributed by atoms with Crippen LogP contribution in [0.5, 0.6) is 0 Å². The molecule has 1 atom stereocenters. The van der Waals surface area contributed by atoms with Gasteiger partial charge in [0.2, 0.25) is 0 Å². The summed E-state index contributed by atoms with van der Waals surface area (Å²) >= 11 is 0. The summed E-state index contributed by atoms with van der Waals surface area (Å²) < 4.78 is 0. The fraction of sp³-hybridized carbons (Fsp3) is 1.00. The normalized spacial score (nSPS) is 14.1. The van der Waals surface area contributed by atoms with E-state index in [1.807, 2.05) is 0 Å². The Bertz CT molecular complexity index is 111. The molecule has 0 aliphatic carbocycles. The number of hydrogen-bond donors (Lipinski definition) is 1. The molecule has 2 nitrogen and oxygen atoms in total. The van der Waals surface area contributed by atoms with Gasteiger partial charge in [0.15, 0.2) is 0 Å². The van der Waals surface area contributed by atoms with Crippen LogP contribution in [0.1, 0.15) is 40.0 Å². The second kappa shape index (κ2) is 7.34. The Morgan fingerprint density at radius 3 is 2.15 bits per heavy atom. The van der Waals surface area contributed by atoms with E-state index in [4.69, 9.17) is 5.73 Å². The van der Waals surface area contributed by atoms with Crippen molar-refractivity contribution in [3.05, 3.63) is 0 Å². The zero-order valence-electron chi connectivity index (χ0n) is 9.71. The maximum absolute atomic E-state index is 5.54. The van der Waals surface area contributed by atoms with E-state index in [1.54, 1.807) is 0 Å². The molecule has 80 valence electrons. The summed E-state index contributed by atoms with van der Waals surface area (Å²) in [4.78, 5) is 2.44. The number of rotatable bonds is 7. The van der Waals surface area contributed by atoms with Gasteiger partial charge >= 0.3 is 0 Å². The van der Waals surface area contributed by atoms with Crippen LogP contribution in [0.15, 0.2) is 0 Å². The van der Waals surface area contributed by atoms with Crippen molar-refractivity contribution in [2.24, 2.45) is 11.7 Å². The average molecular weight is 186 g/mol. The number of nitrogens with zero attached hydrogens (tertiary/aromatic N) is 1. The molecule has 0 aromatic rings. The highest BCUT2D eigenvalue weighted by molar-refractivity contribution is 4.67. The highest BCUT2D eigenvalue weighted by Gasteiger charge is 2.12. The largest absolute Gasteiger partial charge is 0.330 e. The van der Waals surface area contributed by atoms with Crippen LogP contribution in [-0.2, 0) is 0 Å². The van der Waals surface area contributed by atoms with Gasteiger partial charge in [-0.1, -0.05) is 26.7 Å². The van der Waals surface area contributed by atoms with Gasteiger partial charge in [0.25, 0.3) is 0 Å². The number of hydrogen-bond acceptors (Lipinski definition) is 2. The van der Waals surface area contributed by atoms with Crippen molar-refractivity contribution in [2.45, 2.75) is 46.1 Å². The molecule has 2 heteroatoms. The summed E-state index contributed by atoms with van der Waals surface area (Å²) in [7, 11) is 2.21. The molecule has 0 amide bonds. The lowest BCUT2D eigenvalue weighted by Crippen LogP contribution is -2.34. The third kappa shape index (κ3) is 5.27. The van der Waals surface area contributed by atoms with E-state index in [9.17, 15) is 0 Å². The van der Waals surface area contributed by atoms with E-state index in [2.05, 4.69) is 32.7 Å². The van der Waals surface area contributed by atoms with Gasteiger partial charge in [-0.25, -0.2) is 0 Å². The van der Waals surface area contributed by atoms with Gasteiger partial charge in [-0.3, -0.25) is 0 Å². The molecule has 0 bridgehead atoms. The summed E-state index contributed by atoms with van der Waals surface area (Å²) in [6, 6.07) is 0.630. The third-order valence-electron chi connectivity index (χ3n) is 3.04. The zero-order valence-corrected chi connectivity index (χ0v) is 9.71. The van der Waals surface area contributed by atoms with E-state index >= 15 is 0 Å². The van der Waals surface area contributed by atoms with Crippen LogP contribution < -0.4 is 5.73 Å². The zero-order chi connectivity index (χ0) is 10.3. The molecular formula is C11H26N2. The highest BCUT2D eigenvalue weighted by atomic mass is 15.1. The van der Waals surface area contributed by atoms with E-state index < -0.39 is 0 Å². The molecule has 0 saturated heterocycles. The van der Waals surface area contributed by atoms with Crippen molar-refractivity contribution >= 4 is 0 Å². The lowest BCUT2D eigenvalue weighted by atomic mass is 10.0. The van der Waals surface area contributed by atoms with Crippen molar-refractivity contribution < 1.29 is 0 Å². The topological polar surface area (TPSA) is 29.3 Å². The summed E-state index contributed by atoms with van der Waals surface area (Å²) in [5.74, 6) is 0.852. The maximum atomic E-state index is 5.54. The lowest BCUT2D eigenvalue weighted by Gasteiger charge is -2.27. The van der Waals surface area contributed by atoms with Gasteiger partial charge in [-0.2, -0.15) is 0 Å². The molecule has 0 heterocycles. The molecule has 0 aliphatic rings. The Kier molecular flexibility index (Phi) is 7.29. The van der Waals surface area contributed by atoms with Crippen LogP contribution in [0.25, 0.3) is 0 Å². The minimum Gasteiger partial charge on any atom is -0.330 e. The quantitative estimate of drug-likeness (QED) is 0.659. The molecule has 0 aromatic carbocycles. The molecule has 2 N–H and O–H groups in total. The molecule has 0 aliphatic heterocycles. The van der Waals surface area contributed by atoms with Crippen molar-refractivity contribution in [3.8, 4) is 0 Å². The van der Waals surface area contributed by atoms with E-state index in [-0.39, 0.29) is 0 Å². The van der Waals surface area contributed by atoms with Crippen molar-refractivity contribution in [1.29, 1.82) is 0 Å². The van der Waals surface area contributed by atoms with Crippen molar-refractivity contribution in [3.63, 3.8) is 0 Å². The molecule has 0 rings (SSSR count). The Labute approximate surface area is 83.5 Å². The van der Waals surface area contributed by atoms with Crippen LogP contribution in [0.3, 0.4) is 0 Å². The SMILES string of the molecule is CCC(CC)CN(C)C(C)CCN. The van der Waals surface area contributed by atoms with Gasteiger partial charge in [0.05, 0.1) is 0 Å². The molecule has 0 fully saturated rings. The van der Waals surface area contributed by atoms with Crippen LogP contribution >= 0.6 is 0 Å². The first kappa shape index (κ1) is 12.9. The molecule has 1 unspecified atom stereocenters. The van der Waals surface area contributed by atoms with Crippen LogP contribution in [0.2, 0.25) is 0 Å². The smallest absolute Gasteiger partial charge is 0.00760 e. The van der Waals surface area contributed by atoms with Gasteiger partial charge < -0.3 is 10.6 Å². The Hall–Kier alpha value is -0.0800. The fourth-order valence-corrected chi connectivity index (χ4v) is 1.60.